The molecule has 1 N–H and O–H groups in total. The first kappa shape index (κ1) is 15.9. The van der Waals surface area contributed by atoms with E-state index in [4.69, 9.17) is 26.4 Å². The van der Waals surface area contributed by atoms with Crippen LogP contribution in [0, 0.1) is 0 Å². The molecule has 0 unspecified atom stereocenters. The molecule has 0 atom stereocenters. The highest BCUT2D eigenvalue weighted by Gasteiger charge is 2.22. The normalized spacial score (nSPS) is 15.7. The molecule has 0 spiro atoms. The fourth-order valence-electron chi connectivity index (χ4n) is 2.48. The lowest BCUT2D eigenvalue weighted by atomic mass is 10.1. The molecule has 1 aliphatic rings. The molecule has 6 heteroatoms. The largest absolute Gasteiger partial charge is 0.493 e. The van der Waals surface area contributed by atoms with Crippen LogP contribution in [0.4, 0.5) is 0 Å². The first-order valence-corrected chi connectivity index (χ1v) is 7.42. The standard InChI is InChI=1S/C15H22N2O3S/c1-16-5-7-17(8-6-16)15(21)11-9-12(18-2)14(20-4)13(10-11)19-3/h9-10H,5-8H2,1-4H3/p+1. The molecule has 1 heterocycles. The summed E-state index contributed by atoms with van der Waals surface area (Å²) in [7, 11) is 7.04. The van der Waals surface area contributed by atoms with Gasteiger partial charge in [0.15, 0.2) is 11.5 Å². The third kappa shape index (κ3) is 3.39. The van der Waals surface area contributed by atoms with Crippen molar-refractivity contribution in [1.82, 2.24) is 4.90 Å². The fourth-order valence-corrected chi connectivity index (χ4v) is 2.78. The number of ether oxygens (including phenoxy) is 3. The van der Waals surface area contributed by atoms with Gasteiger partial charge in [-0.1, -0.05) is 12.2 Å². The van der Waals surface area contributed by atoms with Crippen LogP contribution in [0.3, 0.4) is 0 Å². The Morgan fingerprint density at radius 3 is 2.00 bits per heavy atom. The van der Waals surface area contributed by atoms with Crippen molar-refractivity contribution in [3.8, 4) is 17.2 Å². The van der Waals surface area contributed by atoms with Gasteiger partial charge >= 0.3 is 0 Å². The van der Waals surface area contributed by atoms with E-state index in [-0.39, 0.29) is 0 Å². The maximum Gasteiger partial charge on any atom is 0.203 e. The van der Waals surface area contributed by atoms with Crippen LogP contribution in [0.1, 0.15) is 5.56 Å². The number of hydrogen-bond acceptors (Lipinski definition) is 4. The number of nitrogens with one attached hydrogen (secondary N) is 1. The number of quaternary nitrogens is 1. The van der Waals surface area contributed by atoms with Gasteiger partial charge in [0.2, 0.25) is 5.75 Å². The van der Waals surface area contributed by atoms with E-state index in [2.05, 4.69) is 11.9 Å². The van der Waals surface area contributed by atoms with Gasteiger partial charge in [0.05, 0.1) is 54.6 Å². The second-order valence-electron chi connectivity index (χ2n) is 5.16. The predicted molar refractivity (Wildman–Crippen MR) is 86.0 cm³/mol. The average Bonchev–Trinajstić information content (AvgIpc) is 2.53. The Morgan fingerprint density at radius 2 is 1.57 bits per heavy atom. The van der Waals surface area contributed by atoms with Gasteiger partial charge in [-0.05, 0) is 12.1 Å². The molecule has 0 bridgehead atoms. The van der Waals surface area contributed by atoms with Gasteiger partial charge in [-0.3, -0.25) is 0 Å². The van der Waals surface area contributed by atoms with Gasteiger partial charge in [0.25, 0.3) is 0 Å². The molecule has 116 valence electrons. The molecule has 1 aromatic carbocycles. The van der Waals surface area contributed by atoms with Crippen molar-refractivity contribution >= 4 is 17.2 Å². The number of rotatable bonds is 4. The van der Waals surface area contributed by atoms with Crippen molar-refractivity contribution in [3.05, 3.63) is 17.7 Å². The van der Waals surface area contributed by atoms with Crippen molar-refractivity contribution in [1.29, 1.82) is 0 Å². The molecule has 1 fully saturated rings. The van der Waals surface area contributed by atoms with Crippen LogP contribution in [0.15, 0.2) is 12.1 Å². The summed E-state index contributed by atoms with van der Waals surface area (Å²) in [5, 5.41) is 0. The van der Waals surface area contributed by atoms with Crippen LogP contribution in [0.2, 0.25) is 0 Å². The zero-order chi connectivity index (χ0) is 15.4. The monoisotopic (exact) mass is 311 g/mol. The van der Waals surface area contributed by atoms with Crippen molar-refractivity contribution < 1.29 is 19.1 Å². The fraction of sp³-hybridized carbons (Fsp3) is 0.533. The topological polar surface area (TPSA) is 35.4 Å². The number of hydrogen-bond donors (Lipinski definition) is 1. The Morgan fingerprint density at radius 1 is 1.05 bits per heavy atom. The Balaban J connectivity index is 2.28. The first-order chi connectivity index (χ1) is 10.1. The molecule has 0 saturated carbocycles. The quantitative estimate of drug-likeness (QED) is 0.805. The van der Waals surface area contributed by atoms with Crippen LogP contribution in [-0.4, -0.2) is 64.4 Å². The third-order valence-corrected chi connectivity index (χ3v) is 4.31. The molecule has 0 radical (unpaired) electrons. The molecular formula is C15H23N2O3S+. The van der Waals surface area contributed by atoms with Crippen molar-refractivity contribution in [2.45, 2.75) is 0 Å². The average molecular weight is 311 g/mol. The number of nitrogens with zero attached hydrogens (tertiary/aromatic N) is 1. The molecule has 5 nitrogen and oxygen atoms in total. The Labute approximate surface area is 131 Å². The Kier molecular flexibility index (Phi) is 5.25. The summed E-state index contributed by atoms with van der Waals surface area (Å²) in [4.78, 5) is 4.61. The molecule has 0 aliphatic carbocycles. The van der Waals surface area contributed by atoms with E-state index in [0.717, 1.165) is 36.7 Å². The smallest absolute Gasteiger partial charge is 0.203 e. The van der Waals surface area contributed by atoms with Gasteiger partial charge in [-0.15, -0.1) is 0 Å². The van der Waals surface area contributed by atoms with Gasteiger partial charge in [-0.2, -0.15) is 0 Å². The highest BCUT2D eigenvalue weighted by molar-refractivity contribution is 7.80. The number of benzene rings is 1. The van der Waals surface area contributed by atoms with E-state index >= 15 is 0 Å². The lowest BCUT2D eigenvalue weighted by Gasteiger charge is -2.32. The molecule has 0 amide bonds. The minimum absolute atomic E-state index is 0.592. The molecule has 0 aromatic heterocycles. The third-order valence-electron chi connectivity index (χ3n) is 3.82. The summed E-state index contributed by atoms with van der Waals surface area (Å²) in [6.07, 6.45) is 0. The Hall–Kier alpha value is -1.53. The van der Waals surface area contributed by atoms with Crippen LogP contribution in [0.5, 0.6) is 17.2 Å². The lowest BCUT2D eigenvalue weighted by Crippen LogP contribution is -3.12. The van der Waals surface area contributed by atoms with Crippen LogP contribution in [-0.2, 0) is 0 Å². The molecule has 1 aliphatic heterocycles. The summed E-state index contributed by atoms with van der Waals surface area (Å²) >= 11 is 5.64. The van der Waals surface area contributed by atoms with Crippen LogP contribution in [0.25, 0.3) is 0 Å². The predicted octanol–water partition coefficient (Wildman–Crippen LogP) is 0.218. The number of piperazine rings is 1. The highest BCUT2D eigenvalue weighted by atomic mass is 32.1. The minimum atomic E-state index is 0.592. The van der Waals surface area contributed by atoms with Crippen LogP contribution < -0.4 is 19.1 Å². The van der Waals surface area contributed by atoms with Gasteiger partial charge in [0.1, 0.15) is 4.99 Å². The van der Waals surface area contributed by atoms with E-state index in [1.165, 1.54) is 0 Å². The molecule has 1 saturated heterocycles. The lowest BCUT2D eigenvalue weighted by molar-refractivity contribution is -0.883. The number of likely N-dealkylation sites (N-methyl/N-ethyl adjacent to an activating group) is 1. The number of methoxy groups -OCH3 is 3. The molecule has 1 aromatic rings. The SMILES string of the molecule is COc1cc(C(=S)N2CC[NH+](C)CC2)cc(OC)c1OC. The summed E-state index contributed by atoms with van der Waals surface area (Å²) in [6.45, 7) is 4.15. The zero-order valence-electron chi connectivity index (χ0n) is 13.1. The molecular weight excluding hydrogens is 288 g/mol. The summed E-state index contributed by atoms with van der Waals surface area (Å²) in [5.41, 5.74) is 0.930. The minimum Gasteiger partial charge on any atom is -0.493 e. The molecule has 2 rings (SSSR count). The van der Waals surface area contributed by atoms with E-state index in [1.807, 2.05) is 12.1 Å². The second kappa shape index (κ2) is 6.95. The van der Waals surface area contributed by atoms with E-state index < -0.39 is 0 Å². The maximum atomic E-state index is 5.64. The maximum absolute atomic E-state index is 5.64. The van der Waals surface area contributed by atoms with E-state index in [9.17, 15) is 0 Å². The van der Waals surface area contributed by atoms with Gasteiger partial charge in [-0.25, -0.2) is 0 Å². The zero-order valence-corrected chi connectivity index (χ0v) is 13.9. The summed E-state index contributed by atoms with van der Waals surface area (Å²) in [6, 6.07) is 3.82. The van der Waals surface area contributed by atoms with E-state index in [1.54, 1.807) is 26.2 Å². The Bertz CT molecular complexity index is 489. The second-order valence-corrected chi connectivity index (χ2v) is 5.55. The summed E-state index contributed by atoms with van der Waals surface area (Å²) in [5.74, 6) is 1.86. The van der Waals surface area contributed by atoms with Crippen molar-refractivity contribution in [2.24, 2.45) is 0 Å². The number of thiocarbonyl (C=S) groups is 1. The first-order valence-electron chi connectivity index (χ1n) is 7.01. The van der Waals surface area contributed by atoms with Crippen molar-refractivity contribution in [2.75, 3.05) is 54.6 Å². The van der Waals surface area contributed by atoms with E-state index in [0.29, 0.717) is 17.2 Å². The van der Waals surface area contributed by atoms with Crippen LogP contribution >= 0.6 is 12.2 Å². The highest BCUT2D eigenvalue weighted by Crippen LogP contribution is 2.38. The summed E-state index contributed by atoms with van der Waals surface area (Å²) < 4.78 is 16.1. The van der Waals surface area contributed by atoms with Gasteiger partial charge in [0, 0.05) is 5.56 Å². The van der Waals surface area contributed by atoms with Gasteiger partial charge < -0.3 is 24.0 Å². The molecule has 21 heavy (non-hydrogen) atoms. The van der Waals surface area contributed by atoms with Crippen molar-refractivity contribution in [3.63, 3.8) is 0 Å².